The van der Waals surface area contributed by atoms with E-state index in [1.54, 1.807) is 30.3 Å². The van der Waals surface area contributed by atoms with Gasteiger partial charge in [0.05, 0.1) is 29.4 Å². The minimum absolute atomic E-state index is 0.0507. The van der Waals surface area contributed by atoms with Crippen molar-refractivity contribution >= 4 is 22.9 Å². The molecular formula is C18H16FN3O3. The van der Waals surface area contributed by atoms with E-state index < -0.39 is 29.7 Å². The predicted octanol–water partition coefficient (Wildman–Crippen LogP) is 2.89. The molecule has 6 nitrogen and oxygen atoms in total. The molecule has 0 spiro atoms. The molecule has 0 aliphatic rings. The molecule has 2 unspecified atom stereocenters. The first-order valence-electron chi connectivity index (χ1n) is 7.68. The van der Waals surface area contributed by atoms with Crippen LogP contribution in [0.4, 0.5) is 4.39 Å². The number of amides is 1. The molecule has 1 amide bonds. The van der Waals surface area contributed by atoms with Crippen LogP contribution in [-0.4, -0.2) is 27.0 Å². The summed E-state index contributed by atoms with van der Waals surface area (Å²) < 4.78 is 13.8. The number of hydrogen-bond acceptors (Lipinski definition) is 3. The molecule has 3 N–H and O–H groups in total. The van der Waals surface area contributed by atoms with E-state index in [0.717, 1.165) is 6.07 Å². The van der Waals surface area contributed by atoms with Gasteiger partial charge < -0.3 is 15.4 Å². The summed E-state index contributed by atoms with van der Waals surface area (Å²) in [5.74, 6) is -3.07. The zero-order valence-electron chi connectivity index (χ0n) is 13.4. The lowest BCUT2D eigenvalue weighted by atomic mass is 9.94. The Labute approximate surface area is 142 Å². The van der Waals surface area contributed by atoms with Crippen molar-refractivity contribution in [3.05, 3.63) is 65.7 Å². The van der Waals surface area contributed by atoms with E-state index in [9.17, 15) is 19.1 Å². The van der Waals surface area contributed by atoms with E-state index in [2.05, 4.69) is 15.3 Å². The number of halogens is 1. The number of fused-ring (bicyclic) bond motifs is 1. The van der Waals surface area contributed by atoms with Crippen molar-refractivity contribution in [3.8, 4) is 0 Å². The van der Waals surface area contributed by atoms with Crippen molar-refractivity contribution in [3.63, 3.8) is 0 Å². The van der Waals surface area contributed by atoms with Crippen LogP contribution < -0.4 is 5.32 Å². The van der Waals surface area contributed by atoms with Gasteiger partial charge in [-0.2, -0.15) is 0 Å². The first kappa shape index (κ1) is 16.6. The Morgan fingerprint density at radius 3 is 2.64 bits per heavy atom. The van der Waals surface area contributed by atoms with Gasteiger partial charge in [-0.25, -0.2) is 9.37 Å². The largest absolute Gasteiger partial charge is 0.481 e. The summed E-state index contributed by atoms with van der Waals surface area (Å²) in [6.07, 6.45) is 1.37. The number of carboxylic acids is 1. The van der Waals surface area contributed by atoms with E-state index >= 15 is 0 Å². The zero-order valence-corrected chi connectivity index (χ0v) is 13.4. The highest BCUT2D eigenvalue weighted by Gasteiger charge is 2.28. The van der Waals surface area contributed by atoms with Gasteiger partial charge in [0.15, 0.2) is 0 Å². The second kappa shape index (κ2) is 6.72. The number of H-pyrrole nitrogens is 1. The van der Waals surface area contributed by atoms with Crippen LogP contribution in [0, 0.1) is 11.7 Å². The summed E-state index contributed by atoms with van der Waals surface area (Å²) in [7, 11) is 0. The standard InChI is InChI=1S/C18H16FN3O3/c1-10(18(24)25)15(11-5-3-2-4-6-11)22-17(23)13-7-12(19)8-14-16(13)21-9-20-14/h2-10,15H,1H3,(H,20,21)(H,22,23)(H,24,25). The minimum Gasteiger partial charge on any atom is -0.481 e. The third kappa shape index (κ3) is 3.35. The number of aromatic amines is 1. The number of carbonyl (C=O) groups is 2. The summed E-state index contributed by atoms with van der Waals surface area (Å²) in [5, 5.41) is 12.1. The van der Waals surface area contributed by atoms with Crippen LogP contribution in [0.3, 0.4) is 0 Å². The molecule has 0 fully saturated rings. The van der Waals surface area contributed by atoms with Gasteiger partial charge in [-0.15, -0.1) is 0 Å². The number of benzene rings is 2. The minimum atomic E-state index is -1.04. The summed E-state index contributed by atoms with van der Waals surface area (Å²) in [5.41, 5.74) is 1.43. The molecule has 3 rings (SSSR count). The van der Waals surface area contributed by atoms with Crippen LogP contribution in [0.1, 0.15) is 28.9 Å². The Morgan fingerprint density at radius 1 is 1.24 bits per heavy atom. The molecule has 0 radical (unpaired) electrons. The number of carboxylic acid groups (broad SMARTS) is 1. The van der Waals surface area contributed by atoms with Crippen LogP contribution in [0.5, 0.6) is 0 Å². The fraction of sp³-hybridized carbons (Fsp3) is 0.167. The molecule has 3 aromatic rings. The lowest BCUT2D eigenvalue weighted by Gasteiger charge is -2.23. The van der Waals surface area contributed by atoms with Crippen LogP contribution in [0.15, 0.2) is 48.8 Å². The van der Waals surface area contributed by atoms with E-state index in [-0.39, 0.29) is 5.56 Å². The highest BCUT2D eigenvalue weighted by atomic mass is 19.1. The van der Waals surface area contributed by atoms with Gasteiger partial charge in [-0.05, 0) is 24.6 Å². The van der Waals surface area contributed by atoms with Crippen LogP contribution in [0.2, 0.25) is 0 Å². The molecule has 1 aromatic heterocycles. The molecule has 2 atom stereocenters. The predicted molar refractivity (Wildman–Crippen MR) is 89.5 cm³/mol. The molecule has 2 aromatic carbocycles. The maximum atomic E-state index is 13.8. The van der Waals surface area contributed by atoms with Crippen LogP contribution in [-0.2, 0) is 4.79 Å². The molecule has 25 heavy (non-hydrogen) atoms. The number of hydrogen-bond donors (Lipinski definition) is 3. The van der Waals surface area contributed by atoms with E-state index in [0.29, 0.717) is 16.6 Å². The third-order valence-corrected chi connectivity index (χ3v) is 4.07. The van der Waals surface area contributed by atoms with Gasteiger partial charge in [-0.1, -0.05) is 30.3 Å². The molecule has 0 aliphatic carbocycles. The average molecular weight is 341 g/mol. The molecule has 128 valence electrons. The molecule has 0 aliphatic heterocycles. The Hall–Kier alpha value is -3.22. The topological polar surface area (TPSA) is 95.1 Å². The maximum absolute atomic E-state index is 13.8. The van der Waals surface area contributed by atoms with Gasteiger partial charge in [0.25, 0.3) is 5.91 Å². The average Bonchev–Trinajstić information content (AvgIpc) is 3.07. The number of imidazole rings is 1. The van der Waals surface area contributed by atoms with Crippen molar-refractivity contribution in [2.24, 2.45) is 5.92 Å². The van der Waals surface area contributed by atoms with Gasteiger partial charge in [0, 0.05) is 0 Å². The lowest BCUT2D eigenvalue weighted by molar-refractivity contribution is -0.142. The second-order valence-corrected chi connectivity index (χ2v) is 5.74. The fourth-order valence-electron chi connectivity index (χ4n) is 2.71. The number of aliphatic carboxylic acids is 1. The van der Waals surface area contributed by atoms with Crippen molar-refractivity contribution in [2.75, 3.05) is 0 Å². The quantitative estimate of drug-likeness (QED) is 0.665. The van der Waals surface area contributed by atoms with E-state index in [1.165, 1.54) is 19.3 Å². The van der Waals surface area contributed by atoms with Crippen LogP contribution >= 0.6 is 0 Å². The Balaban J connectivity index is 1.97. The first-order chi connectivity index (χ1) is 12.0. The molecule has 7 heteroatoms. The monoisotopic (exact) mass is 341 g/mol. The smallest absolute Gasteiger partial charge is 0.308 e. The highest BCUT2D eigenvalue weighted by molar-refractivity contribution is 6.05. The molecule has 0 saturated heterocycles. The number of rotatable bonds is 5. The third-order valence-electron chi connectivity index (χ3n) is 4.07. The van der Waals surface area contributed by atoms with Gasteiger partial charge in [-0.3, -0.25) is 9.59 Å². The van der Waals surface area contributed by atoms with Gasteiger partial charge in [0.2, 0.25) is 0 Å². The maximum Gasteiger partial charge on any atom is 0.308 e. The summed E-state index contributed by atoms with van der Waals surface area (Å²) >= 11 is 0. The van der Waals surface area contributed by atoms with Gasteiger partial charge >= 0.3 is 5.97 Å². The SMILES string of the molecule is CC(C(=O)O)C(NC(=O)c1cc(F)cc2[nH]cnc12)c1ccccc1. The van der Waals surface area contributed by atoms with E-state index in [4.69, 9.17) is 0 Å². The Bertz CT molecular complexity index is 924. The van der Waals surface area contributed by atoms with Crippen molar-refractivity contribution < 1.29 is 19.1 Å². The lowest BCUT2D eigenvalue weighted by Crippen LogP contribution is -2.35. The Kier molecular flexibility index (Phi) is 4.47. The summed E-state index contributed by atoms with van der Waals surface area (Å²) in [6.45, 7) is 1.51. The molecule has 0 bridgehead atoms. The highest BCUT2D eigenvalue weighted by Crippen LogP contribution is 2.24. The van der Waals surface area contributed by atoms with E-state index in [1.807, 2.05) is 0 Å². The Morgan fingerprint density at radius 2 is 1.96 bits per heavy atom. The first-order valence-corrected chi connectivity index (χ1v) is 7.68. The summed E-state index contributed by atoms with van der Waals surface area (Å²) in [6, 6.07) is 10.4. The molecule has 1 heterocycles. The number of nitrogens with zero attached hydrogens (tertiary/aromatic N) is 1. The number of carbonyl (C=O) groups excluding carboxylic acids is 1. The van der Waals surface area contributed by atoms with Crippen molar-refractivity contribution in [2.45, 2.75) is 13.0 Å². The van der Waals surface area contributed by atoms with Gasteiger partial charge in [0.1, 0.15) is 11.3 Å². The summed E-state index contributed by atoms with van der Waals surface area (Å²) in [4.78, 5) is 30.9. The van der Waals surface area contributed by atoms with Crippen LogP contribution in [0.25, 0.3) is 11.0 Å². The second-order valence-electron chi connectivity index (χ2n) is 5.74. The van der Waals surface area contributed by atoms with Crippen molar-refractivity contribution in [1.29, 1.82) is 0 Å². The van der Waals surface area contributed by atoms with Crippen molar-refractivity contribution in [1.82, 2.24) is 15.3 Å². The zero-order chi connectivity index (χ0) is 18.0. The molecule has 0 saturated carbocycles. The number of aromatic nitrogens is 2. The fourth-order valence-corrected chi connectivity index (χ4v) is 2.71. The molecular weight excluding hydrogens is 325 g/mol. The normalized spacial score (nSPS) is 13.4. The number of nitrogens with one attached hydrogen (secondary N) is 2.